The molecule has 0 saturated heterocycles. The summed E-state index contributed by atoms with van der Waals surface area (Å²) in [7, 11) is 0. The van der Waals surface area contributed by atoms with Crippen LogP contribution in [0.15, 0.2) is 36.4 Å². The van der Waals surface area contributed by atoms with E-state index in [2.05, 4.69) is 0 Å². The second-order valence-electron chi connectivity index (χ2n) is 4.65. The van der Waals surface area contributed by atoms with E-state index >= 15 is 0 Å². The monoisotopic (exact) mass is 304 g/mol. The second-order valence-corrected chi connectivity index (χ2v) is 5.09. The third-order valence-corrected chi connectivity index (χ3v) is 3.28. The van der Waals surface area contributed by atoms with Gasteiger partial charge in [-0.3, -0.25) is 0 Å². The van der Waals surface area contributed by atoms with Gasteiger partial charge in [-0.05, 0) is 31.2 Å². The molecule has 0 amide bonds. The van der Waals surface area contributed by atoms with E-state index in [1.807, 2.05) is 6.92 Å². The number of nitrogens with two attached hydrogens (primary N) is 1. The molecule has 2 aromatic carbocycles. The average molecular weight is 305 g/mol. The molecule has 2 aromatic rings. The molecule has 0 aromatic heterocycles. The van der Waals surface area contributed by atoms with E-state index < -0.39 is 5.82 Å². The molecule has 21 heavy (non-hydrogen) atoms. The Balaban J connectivity index is 2.23. The molecule has 2 rings (SSSR count). The zero-order valence-corrected chi connectivity index (χ0v) is 12.2. The van der Waals surface area contributed by atoms with Crippen LogP contribution >= 0.6 is 11.6 Å². The predicted molar refractivity (Wildman–Crippen MR) is 79.5 cm³/mol. The summed E-state index contributed by atoms with van der Waals surface area (Å²) in [5, 5.41) is 9.38. The van der Waals surface area contributed by atoms with Crippen molar-refractivity contribution < 1.29 is 9.13 Å². The lowest BCUT2D eigenvalue weighted by Crippen LogP contribution is -2.08. The zero-order valence-electron chi connectivity index (χ0n) is 11.4. The maximum absolute atomic E-state index is 14.0. The largest absolute Gasteiger partial charge is 0.488 e. The first-order chi connectivity index (χ1) is 10.0. The highest BCUT2D eigenvalue weighted by Gasteiger charge is 2.12. The fourth-order valence-electron chi connectivity index (χ4n) is 1.94. The fraction of sp³-hybridized carbons (Fsp3) is 0.188. The molecule has 0 heterocycles. The van der Waals surface area contributed by atoms with Crippen LogP contribution in [0.4, 0.5) is 4.39 Å². The molecule has 5 heteroatoms. The van der Waals surface area contributed by atoms with Crippen molar-refractivity contribution in [2.24, 2.45) is 5.73 Å². The summed E-state index contributed by atoms with van der Waals surface area (Å²) >= 11 is 5.94. The molecule has 3 nitrogen and oxygen atoms in total. The van der Waals surface area contributed by atoms with Crippen LogP contribution < -0.4 is 10.5 Å². The molecule has 0 fully saturated rings. The fourth-order valence-corrected chi connectivity index (χ4v) is 2.12. The average Bonchev–Trinajstić information content (AvgIpc) is 2.47. The number of rotatable bonds is 4. The van der Waals surface area contributed by atoms with Crippen LogP contribution in [0.25, 0.3) is 0 Å². The van der Waals surface area contributed by atoms with Crippen LogP contribution in [0.1, 0.15) is 29.7 Å². The lowest BCUT2D eigenvalue weighted by molar-refractivity contribution is 0.295. The van der Waals surface area contributed by atoms with Crippen LogP contribution in [0.5, 0.6) is 5.75 Å². The van der Waals surface area contributed by atoms with Crippen molar-refractivity contribution >= 4 is 11.6 Å². The summed E-state index contributed by atoms with van der Waals surface area (Å²) in [5.74, 6) is -0.00697. The van der Waals surface area contributed by atoms with E-state index in [1.165, 1.54) is 6.07 Å². The molecule has 2 N–H and O–H groups in total. The topological polar surface area (TPSA) is 59.0 Å². The third kappa shape index (κ3) is 3.52. The van der Waals surface area contributed by atoms with Crippen molar-refractivity contribution in [3.8, 4) is 11.8 Å². The van der Waals surface area contributed by atoms with Gasteiger partial charge >= 0.3 is 0 Å². The molecule has 108 valence electrons. The molecular weight excluding hydrogens is 291 g/mol. The van der Waals surface area contributed by atoms with Crippen molar-refractivity contribution in [3.05, 3.63) is 63.9 Å². The standard InChI is InChI=1S/C16H14ClFN2O/c1-10(20)14-7-13(17)5-6-15(14)21-9-12-4-2-3-11(8-19)16(12)18/h2-7,10H,9,20H2,1H3. The molecule has 0 bridgehead atoms. The van der Waals surface area contributed by atoms with Crippen molar-refractivity contribution in [1.82, 2.24) is 0 Å². The van der Waals surface area contributed by atoms with E-state index in [0.717, 1.165) is 5.56 Å². The molecule has 0 saturated carbocycles. The van der Waals surface area contributed by atoms with Gasteiger partial charge in [-0.25, -0.2) is 4.39 Å². The quantitative estimate of drug-likeness (QED) is 0.930. The zero-order chi connectivity index (χ0) is 15.4. The Morgan fingerprint density at radius 1 is 1.38 bits per heavy atom. The van der Waals surface area contributed by atoms with Crippen LogP contribution in [-0.2, 0) is 6.61 Å². The molecule has 0 aliphatic heterocycles. The highest BCUT2D eigenvalue weighted by atomic mass is 35.5. The van der Waals surface area contributed by atoms with Gasteiger partial charge in [0.25, 0.3) is 0 Å². The van der Waals surface area contributed by atoms with Crippen molar-refractivity contribution in [2.75, 3.05) is 0 Å². The van der Waals surface area contributed by atoms with Crippen LogP contribution in [0.2, 0.25) is 5.02 Å². The highest BCUT2D eigenvalue weighted by molar-refractivity contribution is 6.30. The minimum atomic E-state index is -0.559. The normalized spacial score (nSPS) is 11.8. The smallest absolute Gasteiger partial charge is 0.147 e. The number of benzene rings is 2. The maximum atomic E-state index is 14.0. The molecular formula is C16H14ClFN2O. The summed E-state index contributed by atoms with van der Waals surface area (Å²) in [6.45, 7) is 1.83. The Bertz CT molecular complexity index is 695. The predicted octanol–water partition coefficient (Wildman–Crippen LogP) is 3.95. The van der Waals surface area contributed by atoms with E-state index in [0.29, 0.717) is 16.3 Å². The van der Waals surface area contributed by atoms with Gasteiger partial charge in [-0.2, -0.15) is 5.26 Å². The van der Waals surface area contributed by atoms with Crippen LogP contribution in [0, 0.1) is 17.1 Å². The second kappa shape index (κ2) is 6.57. The summed E-state index contributed by atoms with van der Waals surface area (Å²) < 4.78 is 19.6. The van der Waals surface area contributed by atoms with Crippen LogP contribution in [-0.4, -0.2) is 0 Å². The van der Waals surface area contributed by atoms with Crippen molar-refractivity contribution in [3.63, 3.8) is 0 Å². The number of hydrogen-bond acceptors (Lipinski definition) is 3. The third-order valence-electron chi connectivity index (χ3n) is 3.04. The van der Waals surface area contributed by atoms with E-state index in [4.69, 9.17) is 27.3 Å². The van der Waals surface area contributed by atoms with E-state index in [-0.39, 0.29) is 18.2 Å². The van der Waals surface area contributed by atoms with Gasteiger partial charge < -0.3 is 10.5 Å². The first kappa shape index (κ1) is 15.3. The maximum Gasteiger partial charge on any atom is 0.147 e. The summed E-state index contributed by atoms with van der Waals surface area (Å²) in [6, 6.07) is 11.3. The summed E-state index contributed by atoms with van der Waals surface area (Å²) in [4.78, 5) is 0. The minimum absolute atomic E-state index is 0.000350. The van der Waals surface area contributed by atoms with Gasteiger partial charge in [0.1, 0.15) is 24.2 Å². The van der Waals surface area contributed by atoms with E-state index in [9.17, 15) is 4.39 Å². The molecule has 0 radical (unpaired) electrons. The van der Waals surface area contributed by atoms with Crippen LogP contribution in [0.3, 0.4) is 0 Å². The Morgan fingerprint density at radius 3 is 2.81 bits per heavy atom. The van der Waals surface area contributed by atoms with Crippen molar-refractivity contribution in [2.45, 2.75) is 19.6 Å². The number of ether oxygens (including phenoxy) is 1. The molecule has 1 atom stereocenters. The molecule has 0 aliphatic rings. The number of hydrogen-bond donors (Lipinski definition) is 1. The lowest BCUT2D eigenvalue weighted by atomic mass is 10.1. The summed E-state index contributed by atoms with van der Waals surface area (Å²) in [6.07, 6.45) is 0. The number of halogens is 2. The van der Waals surface area contributed by atoms with Gasteiger partial charge in [0.2, 0.25) is 0 Å². The number of nitrogens with zero attached hydrogens (tertiary/aromatic N) is 1. The van der Waals surface area contributed by atoms with Gasteiger partial charge in [0, 0.05) is 22.2 Å². The van der Waals surface area contributed by atoms with Gasteiger partial charge in [-0.15, -0.1) is 0 Å². The Hall–Kier alpha value is -2.09. The van der Waals surface area contributed by atoms with Gasteiger partial charge in [0.15, 0.2) is 0 Å². The minimum Gasteiger partial charge on any atom is -0.488 e. The molecule has 0 spiro atoms. The Morgan fingerprint density at radius 2 is 2.14 bits per heavy atom. The number of nitriles is 1. The first-order valence-corrected chi connectivity index (χ1v) is 6.76. The highest BCUT2D eigenvalue weighted by Crippen LogP contribution is 2.28. The SMILES string of the molecule is CC(N)c1cc(Cl)ccc1OCc1cccc(C#N)c1F. The molecule has 0 aliphatic carbocycles. The van der Waals surface area contributed by atoms with E-state index in [1.54, 1.807) is 36.4 Å². The Kier molecular flexibility index (Phi) is 4.79. The van der Waals surface area contributed by atoms with Gasteiger partial charge in [0.05, 0.1) is 5.56 Å². The lowest BCUT2D eigenvalue weighted by Gasteiger charge is -2.15. The van der Waals surface area contributed by atoms with Crippen molar-refractivity contribution in [1.29, 1.82) is 5.26 Å². The summed E-state index contributed by atoms with van der Waals surface area (Å²) in [5.41, 5.74) is 6.94. The Labute approximate surface area is 127 Å². The first-order valence-electron chi connectivity index (χ1n) is 6.38. The van der Waals surface area contributed by atoms with Gasteiger partial charge in [-0.1, -0.05) is 23.7 Å². The molecule has 1 unspecified atom stereocenters.